The Bertz CT molecular complexity index is 1400. The highest BCUT2D eigenvalue weighted by atomic mass is 32.2. The first-order valence-corrected chi connectivity index (χ1v) is 12.7. The number of thioether (sulfide) groups is 1. The average molecular weight is 508 g/mol. The van der Waals surface area contributed by atoms with E-state index in [1.165, 1.54) is 22.3 Å². The van der Waals surface area contributed by atoms with Crippen LogP contribution >= 0.6 is 11.8 Å². The molecular formula is C22H20F3N5O2S2. The number of hydrogen-bond donors (Lipinski definition) is 1. The fourth-order valence-electron chi connectivity index (χ4n) is 3.14. The molecule has 0 atom stereocenters. The van der Waals surface area contributed by atoms with Gasteiger partial charge in [-0.15, -0.1) is 10.2 Å². The van der Waals surface area contributed by atoms with Crippen molar-refractivity contribution in [2.75, 3.05) is 6.54 Å². The van der Waals surface area contributed by atoms with Crippen molar-refractivity contribution in [3.63, 3.8) is 0 Å². The smallest absolute Gasteiger partial charge is 0.211 e. The van der Waals surface area contributed by atoms with Gasteiger partial charge in [0.05, 0.1) is 10.5 Å². The molecule has 2 heterocycles. The Labute approximate surface area is 198 Å². The van der Waals surface area contributed by atoms with Crippen LogP contribution in [0.15, 0.2) is 70.6 Å². The van der Waals surface area contributed by atoms with Crippen LogP contribution in [-0.4, -0.2) is 34.8 Å². The highest BCUT2D eigenvalue weighted by Gasteiger charge is 2.30. The first kappa shape index (κ1) is 24.2. The lowest BCUT2D eigenvalue weighted by Crippen LogP contribution is -2.26. The predicted molar refractivity (Wildman–Crippen MR) is 122 cm³/mol. The summed E-state index contributed by atoms with van der Waals surface area (Å²) in [7, 11) is -3.66. The van der Waals surface area contributed by atoms with Crippen LogP contribution in [0.2, 0.25) is 0 Å². The van der Waals surface area contributed by atoms with Gasteiger partial charge in [-0.2, -0.15) is 22.8 Å². The minimum atomic E-state index is -4.39. The second-order valence-corrected chi connectivity index (χ2v) is 10.3. The first-order valence-electron chi connectivity index (χ1n) is 10.2. The Morgan fingerprint density at radius 2 is 1.79 bits per heavy atom. The summed E-state index contributed by atoms with van der Waals surface area (Å²) in [5.41, 5.74) is 1.28. The summed E-state index contributed by atoms with van der Waals surface area (Å²) >= 11 is 1.28. The average Bonchev–Trinajstić information content (AvgIpc) is 3.20. The van der Waals surface area contributed by atoms with Crippen molar-refractivity contribution in [1.82, 2.24) is 24.5 Å². The predicted octanol–water partition coefficient (Wildman–Crippen LogP) is 4.26. The number of rotatable bonds is 8. The van der Waals surface area contributed by atoms with Crippen LogP contribution in [0.5, 0.6) is 0 Å². The summed E-state index contributed by atoms with van der Waals surface area (Å²) in [6.07, 6.45) is -4.14. The van der Waals surface area contributed by atoms with Crippen LogP contribution in [0.3, 0.4) is 0 Å². The molecular weight excluding hydrogens is 487 g/mol. The summed E-state index contributed by atoms with van der Waals surface area (Å²) in [5, 5.41) is 13.2. The summed E-state index contributed by atoms with van der Waals surface area (Å²) in [6, 6.07) is 15.1. The molecule has 0 radical (unpaired) electrons. The number of aryl methyl sites for hydroxylation is 1. The molecule has 0 unspecified atom stereocenters. The zero-order chi connectivity index (χ0) is 24.3. The van der Waals surface area contributed by atoms with E-state index in [0.29, 0.717) is 27.8 Å². The molecule has 0 saturated carbocycles. The monoisotopic (exact) mass is 507 g/mol. The van der Waals surface area contributed by atoms with Crippen molar-refractivity contribution >= 4 is 27.4 Å². The number of alkyl halides is 3. The van der Waals surface area contributed by atoms with Crippen molar-refractivity contribution in [1.29, 1.82) is 0 Å². The van der Waals surface area contributed by atoms with Gasteiger partial charge in [0.1, 0.15) is 5.03 Å². The van der Waals surface area contributed by atoms with Gasteiger partial charge in [-0.1, -0.05) is 47.7 Å². The second-order valence-electron chi connectivity index (χ2n) is 7.51. The van der Waals surface area contributed by atoms with E-state index in [1.807, 2.05) is 6.92 Å². The number of fused-ring (bicyclic) bond motifs is 1. The summed E-state index contributed by atoms with van der Waals surface area (Å²) < 4.78 is 67.7. The lowest BCUT2D eigenvalue weighted by molar-refractivity contribution is -0.137. The molecule has 0 aliphatic rings. The maximum atomic E-state index is 12.9. The third-order valence-electron chi connectivity index (χ3n) is 4.92. The quantitative estimate of drug-likeness (QED) is 0.359. The van der Waals surface area contributed by atoms with E-state index >= 15 is 0 Å². The Balaban J connectivity index is 1.42. The zero-order valence-corrected chi connectivity index (χ0v) is 19.6. The lowest BCUT2D eigenvalue weighted by Gasteiger charge is -2.08. The highest BCUT2D eigenvalue weighted by molar-refractivity contribution is 7.98. The molecule has 4 rings (SSSR count). The number of nitrogens with one attached hydrogen (secondary N) is 1. The van der Waals surface area contributed by atoms with Crippen LogP contribution in [-0.2, 0) is 28.4 Å². The van der Waals surface area contributed by atoms with E-state index in [-0.39, 0.29) is 17.9 Å². The van der Waals surface area contributed by atoms with Crippen molar-refractivity contribution in [2.45, 2.75) is 35.2 Å². The van der Waals surface area contributed by atoms with Crippen molar-refractivity contribution < 1.29 is 21.6 Å². The molecule has 7 nitrogen and oxygen atoms in total. The van der Waals surface area contributed by atoms with Gasteiger partial charge in [0, 0.05) is 18.7 Å². The first-order chi connectivity index (χ1) is 16.1. The van der Waals surface area contributed by atoms with Crippen molar-refractivity contribution in [3.8, 4) is 0 Å². The van der Waals surface area contributed by atoms with Crippen LogP contribution in [0, 0.1) is 6.92 Å². The van der Waals surface area contributed by atoms with Crippen LogP contribution in [0.4, 0.5) is 13.2 Å². The molecule has 0 aliphatic carbocycles. The largest absolute Gasteiger partial charge is 0.416 e. The Morgan fingerprint density at radius 1 is 1.03 bits per heavy atom. The summed E-state index contributed by atoms with van der Waals surface area (Å²) in [6.45, 7) is 1.97. The molecule has 1 N–H and O–H groups in total. The number of halogens is 3. The minimum Gasteiger partial charge on any atom is -0.211 e. The Morgan fingerprint density at radius 3 is 2.53 bits per heavy atom. The molecule has 2 aromatic heterocycles. The SMILES string of the molecule is Cc1ccc(S(=O)(=O)NCCc2nnc3ccc(SCc4cccc(C(F)(F)F)c4)nn23)cc1. The zero-order valence-electron chi connectivity index (χ0n) is 18.0. The van der Waals surface area contributed by atoms with E-state index in [0.717, 1.165) is 17.7 Å². The fourth-order valence-corrected chi connectivity index (χ4v) is 4.97. The molecule has 12 heteroatoms. The van der Waals surface area contributed by atoms with Gasteiger partial charge in [-0.05, 0) is 42.8 Å². The molecule has 2 aromatic carbocycles. The number of benzene rings is 2. The summed E-state index contributed by atoms with van der Waals surface area (Å²) in [5.74, 6) is 0.763. The molecule has 4 aromatic rings. The number of sulfonamides is 1. The Hall–Kier alpha value is -2.96. The number of aromatic nitrogens is 4. The highest BCUT2D eigenvalue weighted by Crippen LogP contribution is 2.31. The normalized spacial score (nSPS) is 12.4. The van der Waals surface area contributed by atoms with E-state index in [9.17, 15) is 21.6 Å². The van der Waals surface area contributed by atoms with Gasteiger partial charge in [0.2, 0.25) is 10.0 Å². The van der Waals surface area contributed by atoms with Gasteiger partial charge >= 0.3 is 6.18 Å². The van der Waals surface area contributed by atoms with E-state index in [2.05, 4.69) is 20.0 Å². The molecule has 0 saturated heterocycles. The molecule has 178 valence electrons. The van der Waals surface area contributed by atoms with Crippen LogP contribution < -0.4 is 4.72 Å². The number of hydrogen-bond acceptors (Lipinski definition) is 6. The molecule has 0 aliphatic heterocycles. The minimum absolute atomic E-state index is 0.0975. The summed E-state index contributed by atoms with van der Waals surface area (Å²) in [4.78, 5) is 0.176. The molecule has 0 spiro atoms. The van der Waals surface area contributed by atoms with E-state index < -0.39 is 21.8 Å². The van der Waals surface area contributed by atoms with Crippen LogP contribution in [0.1, 0.15) is 22.5 Å². The van der Waals surface area contributed by atoms with Gasteiger partial charge in [-0.25, -0.2) is 13.1 Å². The van der Waals surface area contributed by atoms with Gasteiger partial charge in [0.25, 0.3) is 0 Å². The van der Waals surface area contributed by atoms with Gasteiger partial charge < -0.3 is 0 Å². The topological polar surface area (TPSA) is 89.2 Å². The number of nitrogens with zero attached hydrogens (tertiary/aromatic N) is 4. The molecule has 34 heavy (non-hydrogen) atoms. The molecule has 0 amide bonds. The van der Waals surface area contributed by atoms with Crippen molar-refractivity contribution in [3.05, 3.63) is 83.2 Å². The third-order valence-corrected chi connectivity index (χ3v) is 7.38. The van der Waals surface area contributed by atoms with Gasteiger partial charge in [0.15, 0.2) is 11.5 Å². The molecule has 0 fully saturated rings. The maximum Gasteiger partial charge on any atom is 0.416 e. The standard InChI is InChI=1S/C22H20F3N5O2S2/c1-15-5-7-18(8-6-15)34(31,32)26-12-11-20-28-27-19-9-10-21(29-30(19)20)33-14-16-3-2-4-17(13-16)22(23,24)25/h2-10,13,26H,11-12,14H2,1H3. The van der Waals surface area contributed by atoms with Crippen LogP contribution in [0.25, 0.3) is 5.65 Å². The third kappa shape index (κ3) is 5.75. The van der Waals surface area contributed by atoms with Crippen molar-refractivity contribution in [2.24, 2.45) is 0 Å². The van der Waals surface area contributed by atoms with E-state index in [4.69, 9.17) is 0 Å². The van der Waals surface area contributed by atoms with E-state index in [1.54, 1.807) is 42.5 Å². The van der Waals surface area contributed by atoms with Gasteiger partial charge in [-0.3, -0.25) is 0 Å². The maximum absolute atomic E-state index is 12.9. The lowest BCUT2D eigenvalue weighted by atomic mass is 10.1. The fraction of sp³-hybridized carbons (Fsp3) is 0.227. The molecule has 0 bridgehead atoms. The second kappa shape index (κ2) is 9.72. The Kier molecular flexibility index (Phi) is 6.91.